The van der Waals surface area contributed by atoms with Gasteiger partial charge in [-0.3, -0.25) is 5.32 Å². The van der Waals surface area contributed by atoms with Crippen LogP contribution >= 0.6 is 11.6 Å². The first-order valence-electron chi connectivity index (χ1n) is 12.1. The zero-order chi connectivity index (χ0) is 27.2. The number of amides is 2. The zero-order valence-corrected chi connectivity index (χ0v) is 22.0. The number of anilines is 2. The number of urea groups is 1. The maximum absolute atomic E-state index is 12.3. The molecule has 1 aliphatic rings. The molecule has 2 aromatic carbocycles. The van der Waals surface area contributed by atoms with E-state index in [0.717, 1.165) is 6.42 Å². The van der Waals surface area contributed by atoms with Crippen molar-refractivity contribution in [3.63, 3.8) is 0 Å². The number of nitrogens with zero attached hydrogens (tertiary/aromatic N) is 3. The van der Waals surface area contributed by atoms with Gasteiger partial charge in [0.05, 0.1) is 55.2 Å². The second-order valence-electron chi connectivity index (χ2n) is 8.58. The molecule has 39 heavy (non-hydrogen) atoms. The molecule has 2 aromatic heterocycles. The highest BCUT2D eigenvalue weighted by Gasteiger charge is 2.18. The molecule has 2 amide bonds. The molecule has 204 valence electrons. The molecular formula is C26H26ClN5O7. The molecule has 1 fully saturated rings. The van der Waals surface area contributed by atoms with Crippen LogP contribution in [0.25, 0.3) is 10.9 Å². The number of ether oxygens (including phenoxy) is 5. The van der Waals surface area contributed by atoms with Gasteiger partial charge in [-0.05, 0) is 25.1 Å². The van der Waals surface area contributed by atoms with E-state index in [0.29, 0.717) is 71.9 Å². The van der Waals surface area contributed by atoms with Crippen molar-refractivity contribution in [2.45, 2.75) is 19.4 Å². The van der Waals surface area contributed by atoms with Crippen molar-refractivity contribution in [2.75, 3.05) is 44.2 Å². The Morgan fingerprint density at radius 1 is 1.10 bits per heavy atom. The number of aromatic nitrogens is 3. The number of halogens is 1. The maximum atomic E-state index is 12.3. The molecule has 0 radical (unpaired) electrons. The Kier molecular flexibility index (Phi) is 8.25. The number of nitrogens with one attached hydrogen (secondary N) is 2. The summed E-state index contributed by atoms with van der Waals surface area (Å²) in [7, 11) is 1.56. The fourth-order valence-corrected chi connectivity index (χ4v) is 3.88. The van der Waals surface area contributed by atoms with Crippen molar-refractivity contribution >= 4 is 40.0 Å². The predicted octanol–water partition coefficient (Wildman–Crippen LogP) is 5.21. The summed E-state index contributed by atoms with van der Waals surface area (Å²) in [6, 6.07) is 9.44. The largest absolute Gasteiger partial charge is 0.493 e. The van der Waals surface area contributed by atoms with Crippen molar-refractivity contribution in [2.24, 2.45) is 0 Å². The topological polar surface area (TPSA) is 139 Å². The van der Waals surface area contributed by atoms with Crippen LogP contribution in [0.3, 0.4) is 0 Å². The SMILES string of the molecule is COc1cc2c(Oc3ccc(NC(=O)Nc4cc(C)on4)c(Cl)c3)ncnc2cc1OCCCOC1COC1. The molecule has 0 saturated carbocycles. The van der Waals surface area contributed by atoms with Crippen LogP contribution in [0.2, 0.25) is 5.02 Å². The third kappa shape index (κ3) is 6.66. The fourth-order valence-electron chi connectivity index (χ4n) is 3.66. The molecule has 0 bridgehead atoms. The summed E-state index contributed by atoms with van der Waals surface area (Å²) >= 11 is 6.39. The lowest BCUT2D eigenvalue weighted by Gasteiger charge is -2.25. The smallest absolute Gasteiger partial charge is 0.324 e. The number of hydrogen-bond donors (Lipinski definition) is 2. The average Bonchev–Trinajstić information content (AvgIpc) is 3.30. The van der Waals surface area contributed by atoms with Gasteiger partial charge in [0.25, 0.3) is 0 Å². The number of rotatable bonds is 11. The monoisotopic (exact) mass is 555 g/mol. The highest BCUT2D eigenvalue weighted by Crippen LogP contribution is 2.37. The van der Waals surface area contributed by atoms with Gasteiger partial charge in [-0.25, -0.2) is 14.8 Å². The van der Waals surface area contributed by atoms with Crippen LogP contribution in [-0.4, -0.2) is 60.8 Å². The molecule has 0 aliphatic carbocycles. The van der Waals surface area contributed by atoms with Crippen molar-refractivity contribution < 1.29 is 33.0 Å². The molecule has 3 heterocycles. The summed E-state index contributed by atoms with van der Waals surface area (Å²) in [6.07, 6.45) is 2.31. The van der Waals surface area contributed by atoms with Crippen molar-refractivity contribution in [3.05, 3.63) is 53.5 Å². The van der Waals surface area contributed by atoms with Gasteiger partial charge in [0.2, 0.25) is 5.88 Å². The number of hydrogen-bond acceptors (Lipinski definition) is 10. The van der Waals surface area contributed by atoms with Crippen LogP contribution in [0.4, 0.5) is 16.3 Å². The molecule has 1 saturated heterocycles. The molecule has 13 heteroatoms. The first kappa shape index (κ1) is 26.5. The first-order valence-corrected chi connectivity index (χ1v) is 12.5. The first-order chi connectivity index (χ1) is 19.0. The molecule has 1 aliphatic heterocycles. The summed E-state index contributed by atoms with van der Waals surface area (Å²) in [5, 5.41) is 9.82. The minimum Gasteiger partial charge on any atom is -0.493 e. The van der Waals surface area contributed by atoms with Gasteiger partial charge >= 0.3 is 6.03 Å². The second kappa shape index (κ2) is 12.2. The number of carbonyl (C=O) groups is 1. The van der Waals surface area contributed by atoms with Crippen molar-refractivity contribution in [1.29, 1.82) is 0 Å². The number of benzene rings is 2. The summed E-state index contributed by atoms with van der Waals surface area (Å²) in [5.41, 5.74) is 0.993. The lowest BCUT2D eigenvalue weighted by molar-refractivity contribution is -0.130. The van der Waals surface area contributed by atoms with E-state index < -0.39 is 6.03 Å². The molecule has 0 unspecified atom stereocenters. The summed E-state index contributed by atoms with van der Waals surface area (Å²) in [5.74, 6) is 2.64. The predicted molar refractivity (Wildman–Crippen MR) is 142 cm³/mol. The number of methoxy groups -OCH3 is 1. The standard InChI is InChI=1S/C26H26ClN5O7/c1-15-8-24(32-39-15)31-26(33)30-20-5-4-16(9-19(20)27)38-25-18-10-22(34-2)23(11-21(18)28-14-29-25)37-7-3-6-36-17-12-35-13-17/h4-5,8-11,14,17H,3,6-7,12-13H2,1-2H3,(H2,30,31,32,33). The zero-order valence-electron chi connectivity index (χ0n) is 21.2. The number of carbonyl (C=O) groups excluding carboxylic acids is 1. The lowest BCUT2D eigenvalue weighted by atomic mass is 10.2. The Hall–Kier alpha value is -4.13. The Balaban J connectivity index is 1.24. The van der Waals surface area contributed by atoms with Gasteiger partial charge in [0.1, 0.15) is 23.9 Å². The molecule has 2 N–H and O–H groups in total. The van der Waals surface area contributed by atoms with Crippen LogP contribution in [0, 0.1) is 6.92 Å². The Bertz CT molecular complexity index is 1460. The van der Waals surface area contributed by atoms with Crippen LogP contribution < -0.4 is 24.8 Å². The van der Waals surface area contributed by atoms with E-state index in [1.807, 2.05) is 0 Å². The number of fused-ring (bicyclic) bond motifs is 1. The Morgan fingerprint density at radius 3 is 2.69 bits per heavy atom. The van der Waals surface area contributed by atoms with E-state index in [1.54, 1.807) is 50.4 Å². The second-order valence-corrected chi connectivity index (χ2v) is 8.98. The maximum Gasteiger partial charge on any atom is 0.324 e. The van der Waals surface area contributed by atoms with Crippen LogP contribution in [0.15, 0.2) is 47.2 Å². The minimum atomic E-state index is -0.522. The molecule has 4 aromatic rings. The van der Waals surface area contributed by atoms with Crippen molar-refractivity contribution in [1.82, 2.24) is 15.1 Å². The highest BCUT2D eigenvalue weighted by molar-refractivity contribution is 6.34. The lowest BCUT2D eigenvalue weighted by Crippen LogP contribution is -2.36. The number of aryl methyl sites for hydroxylation is 1. The van der Waals surface area contributed by atoms with Gasteiger partial charge in [0.15, 0.2) is 17.3 Å². The molecule has 5 rings (SSSR count). The molecule has 0 atom stereocenters. The Morgan fingerprint density at radius 2 is 1.97 bits per heavy atom. The fraction of sp³-hybridized carbons (Fsp3) is 0.308. The summed E-state index contributed by atoms with van der Waals surface area (Å²) < 4.78 is 33.2. The molecule has 0 spiro atoms. The van der Waals surface area contributed by atoms with E-state index in [4.69, 9.17) is 39.8 Å². The van der Waals surface area contributed by atoms with E-state index in [2.05, 4.69) is 25.8 Å². The average molecular weight is 556 g/mol. The van der Waals surface area contributed by atoms with Crippen molar-refractivity contribution in [3.8, 4) is 23.1 Å². The summed E-state index contributed by atoms with van der Waals surface area (Å²) in [4.78, 5) is 20.9. The quantitative estimate of drug-likeness (QED) is 0.237. The highest BCUT2D eigenvalue weighted by atomic mass is 35.5. The van der Waals surface area contributed by atoms with E-state index in [9.17, 15) is 4.79 Å². The van der Waals surface area contributed by atoms with E-state index in [1.165, 1.54) is 6.33 Å². The third-order valence-electron chi connectivity index (χ3n) is 5.66. The minimum absolute atomic E-state index is 0.187. The van der Waals surface area contributed by atoms with Gasteiger partial charge in [-0.1, -0.05) is 16.8 Å². The van der Waals surface area contributed by atoms with Gasteiger partial charge < -0.3 is 33.5 Å². The van der Waals surface area contributed by atoms with Crippen LogP contribution in [0.1, 0.15) is 12.2 Å². The third-order valence-corrected chi connectivity index (χ3v) is 5.98. The normalized spacial score (nSPS) is 13.1. The Labute approximate surface area is 228 Å². The van der Waals surface area contributed by atoms with Crippen LogP contribution in [0.5, 0.6) is 23.1 Å². The summed E-state index contributed by atoms with van der Waals surface area (Å²) in [6.45, 7) is 4.07. The van der Waals surface area contributed by atoms with Gasteiger partial charge in [-0.15, -0.1) is 0 Å². The van der Waals surface area contributed by atoms with E-state index >= 15 is 0 Å². The molecular weight excluding hydrogens is 530 g/mol. The molecule has 12 nitrogen and oxygen atoms in total. The van der Waals surface area contributed by atoms with Crippen LogP contribution in [-0.2, 0) is 9.47 Å². The van der Waals surface area contributed by atoms with E-state index in [-0.39, 0.29) is 16.9 Å². The van der Waals surface area contributed by atoms with Gasteiger partial charge in [-0.2, -0.15) is 0 Å². The van der Waals surface area contributed by atoms with Gasteiger partial charge in [0, 0.05) is 24.6 Å².